The molecule has 2 aliphatic rings. The fourth-order valence-corrected chi connectivity index (χ4v) is 4.05. The minimum absolute atomic E-state index is 0.0105. The summed E-state index contributed by atoms with van der Waals surface area (Å²) in [6.07, 6.45) is 3.25. The number of rotatable bonds is 4. The smallest absolute Gasteiger partial charge is 0.254 e. The van der Waals surface area contributed by atoms with Crippen LogP contribution < -0.4 is 5.32 Å². The van der Waals surface area contributed by atoms with Gasteiger partial charge in [0.2, 0.25) is 0 Å². The Morgan fingerprint density at radius 3 is 2.64 bits per heavy atom. The lowest BCUT2D eigenvalue weighted by atomic mass is 10.0. The third-order valence-electron chi connectivity index (χ3n) is 5.57. The first kappa shape index (κ1) is 18.7. The second-order valence-corrected chi connectivity index (χ2v) is 7.64. The van der Waals surface area contributed by atoms with Crippen molar-refractivity contribution in [1.29, 1.82) is 0 Å². The minimum atomic E-state index is -0.385. The Hall–Kier alpha value is -2.66. The van der Waals surface area contributed by atoms with E-state index in [0.717, 1.165) is 32.2 Å². The first-order valence-corrected chi connectivity index (χ1v) is 10.0. The zero-order valence-electron chi connectivity index (χ0n) is 16.2. The molecule has 4 rings (SSSR count). The molecule has 0 aromatic heterocycles. The Balaban J connectivity index is 1.49. The van der Waals surface area contributed by atoms with Gasteiger partial charge in [-0.25, -0.2) is 0 Å². The van der Waals surface area contributed by atoms with Crippen molar-refractivity contribution in [2.24, 2.45) is 0 Å². The summed E-state index contributed by atoms with van der Waals surface area (Å²) in [7, 11) is 0. The van der Waals surface area contributed by atoms with Crippen LogP contribution in [-0.2, 0) is 9.53 Å². The predicted molar refractivity (Wildman–Crippen MR) is 108 cm³/mol. The quantitative estimate of drug-likeness (QED) is 0.872. The molecule has 28 heavy (non-hydrogen) atoms. The molecule has 2 heterocycles. The fraction of sp³-hybridized carbons (Fsp3) is 0.391. The van der Waals surface area contributed by atoms with Gasteiger partial charge in [0.1, 0.15) is 6.10 Å². The van der Waals surface area contributed by atoms with Crippen LogP contribution in [0, 0.1) is 6.92 Å². The van der Waals surface area contributed by atoms with E-state index in [1.165, 1.54) is 11.1 Å². The SMILES string of the molecule is Cc1ccc([C@@H]2CCCN2C(=O)c2cccc(NC(=O)[C@H]3CCCO3)c2)cc1. The van der Waals surface area contributed by atoms with E-state index in [9.17, 15) is 9.59 Å². The van der Waals surface area contributed by atoms with Crippen LogP contribution >= 0.6 is 0 Å². The molecular formula is C23H26N2O3. The largest absolute Gasteiger partial charge is 0.368 e. The third-order valence-corrected chi connectivity index (χ3v) is 5.57. The predicted octanol–water partition coefficient (Wildman–Crippen LogP) is 4.09. The fourth-order valence-electron chi connectivity index (χ4n) is 4.05. The van der Waals surface area contributed by atoms with Gasteiger partial charge in [0.05, 0.1) is 6.04 Å². The second kappa shape index (κ2) is 8.15. The second-order valence-electron chi connectivity index (χ2n) is 7.64. The normalized spacial score (nSPS) is 21.7. The summed E-state index contributed by atoms with van der Waals surface area (Å²) in [5, 5.41) is 2.88. The van der Waals surface area contributed by atoms with Gasteiger partial charge in [-0.15, -0.1) is 0 Å². The van der Waals surface area contributed by atoms with Crippen LogP contribution in [0.1, 0.15) is 53.2 Å². The summed E-state index contributed by atoms with van der Waals surface area (Å²) in [6, 6.07) is 15.7. The van der Waals surface area contributed by atoms with Crippen LogP contribution in [0.5, 0.6) is 0 Å². The summed E-state index contributed by atoms with van der Waals surface area (Å²) >= 11 is 0. The molecular weight excluding hydrogens is 352 g/mol. The van der Waals surface area contributed by atoms with E-state index in [0.29, 0.717) is 17.9 Å². The van der Waals surface area contributed by atoms with Crippen LogP contribution in [-0.4, -0.2) is 36.0 Å². The summed E-state index contributed by atoms with van der Waals surface area (Å²) in [6.45, 7) is 3.45. The average molecular weight is 378 g/mol. The van der Waals surface area contributed by atoms with Gasteiger partial charge < -0.3 is 15.0 Å². The first-order valence-electron chi connectivity index (χ1n) is 10.0. The molecule has 1 N–H and O–H groups in total. The molecule has 2 aromatic carbocycles. The lowest BCUT2D eigenvalue weighted by molar-refractivity contribution is -0.124. The number of hydrogen-bond acceptors (Lipinski definition) is 3. The highest BCUT2D eigenvalue weighted by Gasteiger charge is 2.31. The zero-order chi connectivity index (χ0) is 19.5. The number of nitrogens with one attached hydrogen (secondary N) is 1. The van der Waals surface area contributed by atoms with E-state index >= 15 is 0 Å². The molecule has 0 radical (unpaired) electrons. The first-order chi connectivity index (χ1) is 13.6. The average Bonchev–Trinajstić information content (AvgIpc) is 3.40. The molecule has 0 bridgehead atoms. The van der Waals surface area contributed by atoms with Crippen LogP contribution in [0.3, 0.4) is 0 Å². The van der Waals surface area contributed by atoms with Gasteiger partial charge in [0.15, 0.2) is 0 Å². The topological polar surface area (TPSA) is 58.6 Å². The van der Waals surface area contributed by atoms with E-state index in [1.54, 1.807) is 6.07 Å². The monoisotopic (exact) mass is 378 g/mol. The van der Waals surface area contributed by atoms with Crippen molar-refractivity contribution in [3.8, 4) is 0 Å². The molecule has 0 aliphatic carbocycles. The van der Waals surface area contributed by atoms with Crippen molar-refractivity contribution in [2.75, 3.05) is 18.5 Å². The molecule has 5 nitrogen and oxygen atoms in total. The maximum absolute atomic E-state index is 13.2. The molecule has 2 saturated heterocycles. The van der Waals surface area contributed by atoms with E-state index in [4.69, 9.17) is 4.74 Å². The third kappa shape index (κ3) is 3.94. The van der Waals surface area contributed by atoms with Gasteiger partial charge in [0.25, 0.3) is 11.8 Å². The standard InChI is InChI=1S/C23H26N2O3/c1-16-9-11-17(12-10-16)20-7-3-13-25(20)23(27)18-5-2-6-19(15-18)24-22(26)21-8-4-14-28-21/h2,5-6,9-12,15,20-21H,3-4,7-8,13-14H2,1H3,(H,24,26)/t20-,21+/m0/s1. The summed E-state index contributed by atoms with van der Waals surface area (Å²) in [5.74, 6) is -0.128. The highest BCUT2D eigenvalue weighted by Crippen LogP contribution is 2.33. The van der Waals surface area contributed by atoms with Crippen molar-refractivity contribution in [3.05, 3.63) is 65.2 Å². The van der Waals surface area contributed by atoms with E-state index in [2.05, 4.69) is 36.5 Å². The molecule has 0 spiro atoms. The number of nitrogens with zero attached hydrogens (tertiary/aromatic N) is 1. The summed E-state index contributed by atoms with van der Waals surface area (Å²) in [5.41, 5.74) is 3.63. The Bertz CT molecular complexity index is 856. The molecule has 2 aliphatic heterocycles. The summed E-state index contributed by atoms with van der Waals surface area (Å²) in [4.78, 5) is 27.4. The minimum Gasteiger partial charge on any atom is -0.368 e. The maximum Gasteiger partial charge on any atom is 0.254 e. The van der Waals surface area contributed by atoms with Gasteiger partial charge in [-0.2, -0.15) is 0 Å². The number of ether oxygens (including phenoxy) is 1. The maximum atomic E-state index is 13.2. The molecule has 146 valence electrons. The molecule has 2 atom stereocenters. The number of likely N-dealkylation sites (tertiary alicyclic amines) is 1. The molecule has 0 unspecified atom stereocenters. The van der Waals surface area contributed by atoms with Gasteiger partial charge in [-0.3, -0.25) is 9.59 Å². The van der Waals surface area contributed by atoms with E-state index in [-0.39, 0.29) is 24.0 Å². The van der Waals surface area contributed by atoms with Gasteiger partial charge in [-0.05, 0) is 56.4 Å². The number of amides is 2. The molecule has 2 fully saturated rings. The van der Waals surface area contributed by atoms with Crippen molar-refractivity contribution in [3.63, 3.8) is 0 Å². The molecule has 5 heteroatoms. The van der Waals surface area contributed by atoms with E-state index in [1.807, 2.05) is 23.1 Å². The van der Waals surface area contributed by atoms with Crippen molar-refractivity contribution < 1.29 is 14.3 Å². The highest BCUT2D eigenvalue weighted by atomic mass is 16.5. The Morgan fingerprint density at radius 1 is 1.07 bits per heavy atom. The number of carbonyl (C=O) groups excluding carboxylic acids is 2. The molecule has 2 aromatic rings. The van der Waals surface area contributed by atoms with Crippen LogP contribution in [0.2, 0.25) is 0 Å². The Kier molecular flexibility index (Phi) is 5.44. The molecule has 2 amide bonds. The van der Waals surface area contributed by atoms with Crippen LogP contribution in [0.15, 0.2) is 48.5 Å². The summed E-state index contributed by atoms with van der Waals surface area (Å²) < 4.78 is 5.43. The Morgan fingerprint density at radius 2 is 1.89 bits per heavy atom. The van der Waals surface area contributed by atoms with Gasteiger partial charge in [0, 0.05) is 24.4 Å². The van der Waals surface area contributed by atoms with E-state index < -0.39 is 0 Å². The van der Waals surface area contributed by atoms with Crippen molar-refractivity contribution in [1.82, 2.24) is 4.90 Å². The zero-order valence-corrected chi connectivity index (χ0v) is 16.2. The molecule has 0 saturated carbocycles. The highest BCUT2D eigenvalue weighted by molar-refractivity contribution is 5.98. The van der Waals surface area contributed by atoms with Crippen LogP contribution in [0.25, 0.3) is 0 Å². The lowest BCUT2D eigenvalue weighted by Crippen LogP contribution is -2.31. The number of carbonyl (C=O) groups is 2. The number of benzene rings is 2. The number of hydrogen-bond donors (Lipinski definition) is 1. The van der Waals surface area contributed by atoms with Crippen molar-refractivity contribution >= 4 is 17.5 Å². The van der Waals surface area contributed by atoms with Gasteiger partial charge >= 0.3 is 0 Å². The Labute approximate surface area is 165 Å². The lowest BCUT2D eigenvalue weighted by Gasteiger charge is -2.25. The van der Waals surface area contributed by atoms with Crippen molar-refractivity contribution in [2.45, 2.75) is 44.8 Å². The number of aryl methyl sites for hydroxylation is 1. The van der Waals surface area contributed by atoms with Crippen LogP contribution in [0.4, 0.5) is 5.69 Å². The van der Waals surface area contributed by atoms with Gasteiger partial charge in [-0.1, -0.05) is 35.9 Å². The number of anilines is 1.